The highest BCUT2D eigenvalue weighted by Crippen LogP contribution is 2.29. The Morgan fingerprint density at radius 3 is 2.67 bits per heavy atom. The third-order valence-corrected chi connectivity index (χ3v) is 4.72. The summed E-state index contributed by atoms with van der Waals surface area (Å²) >= 11 is 1.79. The van der Waals surface area contributed by atoms with Crippen molar-refractivity contribution in [3.63, 3.8) is 0 Å². The molecule has 2 saturated heterocycles. The second kappa shape index (κ2) is 4.34. The summed E-state index contributed by atoms with van der Waals surface area (Å²) in [5.41, 5.74) is -0.556. The normalized spacial score (nSPS) is 30.5. The van der Waals surface area contributed by atoms with Crippen LogP contribution >= 0.6 is 11.8 Å². The summed E-state index contributed by atoms with van der Waals surface area (Å²) in [5.74, 6) is 1.43. The summed E-state index contributed by atoms with van der Waals surface area (Å²) in [6.45, 7) is 3.31. The van der Waals surface area contributed by atoms with Gasteiger partial charge in [0, 0.05) is 13.1 Å². The fraction of sp³-hybridized carbons (Fsp3) is 0.909. The Balaban J connectivity index is 1.87. The molecular weight excluding hydrogens is 210 g/mol. The van der Waals surface area contributed by atoms with Crippen molar-refractivity contribution >= 4 is 17.7 Å². The first-order valence-electron chi connectivity index (χ1n) is 5.71. The van der Waals surface area contributed by atoms with Crippen LogP contribution in [0, 0.1) is 0 Å². The Labute approximate surface area is 95.2 Å². The van der Waals surface area contributed by atoms with Gasteiger partial charge in [-0.1, -0.05) is 0 Å². The third kappa shape index (κ3) is 2.67. The second-order valence-corrected chi connectivity index (χ2v) is 6.13. The molecule has 0 spiro atoms. The minimum Gasteiger partial charge on any atom is -0.390 e. The minimum absolute atomic E-state index is 0.202. The highest BCUT2D eigenvalue weighted by atomic mass is 32.2. The van der Waals surface area contributed by atoms with E-state index in [0.717, 1.165) is 38.1 Å². The largest absolute Gasteiger partial charge is 0.390 e. The first kappa shape index (κ1) is 11.3. The summed E-state index contributed by atoms with van der Waals surface area (Å²) in [7, 11) is 0. The van der Waals surface area contributed by atoms with E-state index < -0.39 is 5.60 Å². The van der Waals surface area contributed by atoms with Gasteiger partial charge in [-0.15, -0.1) is 11.8 Å². The van der Waals surface area contributed by atoms with Gasteiger partial charge in [-0.25, -0.2) is 0 Å². The van der Waals surface area contributed by atoms with E-state index in [0.29, 0.717) is 5.91 Å². The van der Waals surface area contributed by atoms with Crippen molar-refractivity contribution in [3.05, 3.63) is 0 Å². The highest BCUT2D eigenvalue weighted by Gasteiger charge is 2.33. The van der Waals surface area contributed by atoms with Crippen LogP contribution in [0.5, 0.6) is 0 Å². The Morgan fingerprint density at radius 1 is 1.47 bits per heavy atom. The van der Waals surface area contributed by atoms with Gasteiger partial charge in [0.2, 0.25) is 5.91 Å². The van der Waals surface area contributed by atoms with E-state index in [-0.39, 0.29) is 5.25 Å². The van der Waals surface area contributed by atoms with Crippen molar-refractivity contribution < 1.29 is 9.90 Å². The summed E-state index contributed by atoms with van der Waals surface area (Å²) in [5, 5.41) is 10.00. The second-order valence-electron chi connectivity index (χ2n) is 4.82. The molecule has 0 aromatic rings. The van der Waals surface area contributed by atoms with Crippen molar-refractivity contribution in [2.45, 2.75) is 43.5 Å². The molecule has 0 radical (unpaired) electrons. The molecule has 0 aliphatic carbocycles. The lowest BCUT2D eigenvalue weighted by molar-refractivity contribution is -0.134. The fourth-order valence-corrected chi connectivity index (χ4v) is 3.43. The number of carbonyl (C=O) groups is 1. The molecule has 0 aromatic carbocycles. The zero-order valence-electron chi connectivity index (χ0n) is 9.24. The summed E-state index contributed by atoms with van der Waals surface area (Å²) in [6, 6.07) is 0. The van der Waals surface area contributed by atoms with E-state index in [1.54, 1.807) is 11.8 Å². The molecule has 4 heteroatoms. The molecule has 2 fully saturated rings. The first-order valence-corrected chi connectivity index (χ1v) is 6.76. The number of rotatable bonds is 1. The molecule has 0 bridgehead atoms. The Bertz CT molecular complexity index is 239. The van der Waals surface area contributed by atoms with Gasteiger partial charge in [0.1, 0.15) is 0 Å². The van der Waals surface area contributed by atoms with Crippen LogP contribution in [-0.2, 0) is 4.79 Å². The zero-order valence-corrected chi connectivity index (χ0v) is 10.1. The molecule has 3 nitrogen and oxygen atoms in total. The Hall–Kier alpha value is -0.220. The molecular formula is C11H19NO2S. The SMILES string of the molecule is CC1(O)CCN(C(=O)C2CCCS2)CC1. The van der Waals surface area contributed by atoms with E-state index in [2.05, 4.69) is 0 Å². The summed E-state index contributed by atoms with van der Waals surface area (Å²) in [6.07, 6.45) is 3.65. The molecule has 2 aliphatic heterocycles. The lowest BCUT2D eigenvalue weighted by atomic mass is 9.93. The maximum atomic E-state index is 12.0. The molecule has 2 rings (SSSR count). The molecule has 2 heterocycles. The van der Waals surface area contributed by atoms with E-state index >= 15 is 0 Å². The average Bonchev–Trinajstić information content (AvgIpc) is 2.69. The topological polar surface area (TPSA) is 40.5 Å². The van der Waals surface area contributed by atoms with Crippen LogP contribution < -0.4 is 0 Å². The van der Waals surface area contributed by atoms with Crippen molar-refractivity contribution in [2.75, 3.05) is 18.8 Å². The van der Waals surface area contributed by atoms with Crippen molar-refractivity contribution in [2.24, 2.45) is 0 Å². The van der Waals surface area contributed by atoms with Crippen LogP contribution in [0.3, 0.4) is 0 Å². The summed E-state index contributed by atoms with van der Waals surface area (Å²) < 4.78 is 0. The first-order chi connectivity index (χ1) is 7.08. The van der Waals surface area contributed by atoms with Crippen molar-refractivity contribution in [1.82, 2.24) is 4.90 Å². The average molecular weight is 229 g/mol. The molecule has 2 aliphatic rings. The Kier molecular flexibility index (Phi) is 3.26. The number of thioether (sulfide) groups is 1. The smallest absolute Gasteiger partial charge is 0.235 e. The number of amides is 1. The number of nitrogens with zero attached hydrogens (tertiary/aromatic N) is 1. The number of carbonyl (C=O) groups excluding carboxylic acids is 1. The van der Waals surface area contributed by atoms with E-state index in [4.69, 9.17) is 0 Å². The third-order valence-electron chi connectivity index (χ3n) is 3.36. The minimum atomic E-state index is -0.556. The van der Waals surface area contributed by atoms with Gasteiger partial charge in [-0.05, 0) is 38.4 Å². The maximum absolute atomic E-state index is 12.0. The van der Waals surface area contributed by atoms with E-state index in [9.17, 15) is 9.90 Å². The molecule has 1 unspecified atom stereocenters. The van der Waals surface area contributed by atoms with Crippen LogP contribution in [0.2, 0.25) is 0 Å². The Morgan fingerprint density at radius 2 is 2.13 bits per heavy atom. The maximum Gasteiger partial charge on any atom is 0.235 e. The number of piperidine rings is 1. The van der Waals surface area contributed by atoms with Gasteiger partial charge in [0.15, 0.2) is 0 Å². The molecule has 15 heavy (non-hydrogen) atoms. The molecule has 1 atom stereocenters. The van der Waals surface area contributed by atoms with Crippen LogP contribution in [0.15, 0.2) is 0 Å². The van der Waals surface area contributed by atoms with Crippen molar-refractivity contribution in [1.29, 1.82) is 0 Å². The molecule has 0 saturated carbocycles. The van der Waals surface area contributed by atoms with Crippen LogP contribution in [0.4, 0.5) is 0 Å². The number of hydrogen-bond donors (Lipinski definition) is 1. The lowest BCUT2D eigenvalue weighted by Crippen LogP contribution is -2.47. The quantitative estimate of drug-likeness (QED) is 0.736. The number of aliphatic hydroxyl groups is 1. The number of hydrogen-bond acceptors (Lipinski definition) is 3. The highest BCUT2D eigenvalue weighted by molar-refractivity contribution is 8.00. The van der Waals surface area contributed by atoms with Gasteiger partial charge in [-0.3, -0.25) is 4.79 Å². The lowest BCUT2D eigenvalue weighted by Gasteiger charge is -2.36. The molecule has 0 aromatic heterocycles. The predicted molar refractivity (Wildman–Crippen MR) is 61.9 cm³/mol. The van der Waals surface area contributed by atoms with E-state index in [1.165, 1.54) is 6.42 Å². The molecule has 1 amide bonds. The van der Waals surface area contributed by atoms with Gasteiger partial charge < -0.3 is 10.0 Å². The molecule has 1 N–H and O–H groups in total. The standard InChI is InChI=1S/C11H19NO2S/c1-11(14)4-6-12(7-5-11)10(13)9-3-2-8-15-9/h9,14H,2-8H2,1H3. The van der Waals surface area contributed by atoms with Crippen LogP contribution in [-0.4, -0.2) is 45.6 Å². The number of likely N-dealkylation sites (tertiary alicyclic amines) is 1. The van der Waals surface area contributed by atoms with Crippen LogP contribution in [0.1, 0.15) is 32.6 Å². The predicted octanol–water partition coefficient (Wildman–Crippen LogP) is 1.26. The molecule has 86 valence electrons. The monoisotopic (exact) mass is 229 g/mol. The van der Waals surface area contributed by atoms with Gasteiger partial charge in [0.05, 0.1) is 10.9 Å². The van der Waals surface area contributed by atoms with Gasteiger partial charge >= 0.3 is 0 Å². The fourth-order valence-electron chi connectivity index (χ4n) is 2.18. The van der Waals surface area contributed by atoms with E-state index in [1.807, 2.05) is 11.8 Å². The van der Waals surface area contributed by atoms with Gasteiger partial charge in [-0.2, -0.15) is 0 Å². The van der Waals surface area contributed by atoms with Gasteiger partial charge in [0.25, 0.3) is 0 Å². The summed E-state index contributed by atoms with van der Waals surface area (Å²) in [4.78, 5) is 14.0. The zero-order chi connectivity index (χ0) is 10.9. The van der Waals surface area contributed by atoms with Crippen LogP contribution in [0.25, 0.3) is 0 Å². The van der Waals surface area contributed by atoms with Crippen molar-refractivity contribution in [3.8, 4) is 0 Å².